The zero-order valence-electron chi connectivity index (χ0n) is 10.5. The fourth-order valence-electron chi connectivity index (χ4n) is 1.68. The Balaban J connectivity index is 1.83. The number of nitrogens with two attached hydrogens (primary N) is 1. The van der Waals surface area contributed by atoms with Crippen LogP contribution in [0.5, 0.6) is 5.75 Å². The smallest absolute Gasteiger partial charge is 0.124 e. The predicted molar refractivity (Wildman–Crippen MR) is 77.0 cm³/mol. The average molecular weight is 277 g/mol. The summed E-state index contributed by atoms with van der Waals surface area (Å²) in [7, 11) is 0. The van der Waals surface area contributed by atoms with Crippen molar-refractivity contribution in [3.63, 3.8) is 0 Å². The summed E-state index contributed by atoms with van der Waals surface area (Å²) in [6.07, 6.45) is 0. The van der Waals surface area contributed by atoms with Gasteiger partial charge in [0.2, 0.25) is 0 Å². The van der Waals surface area contributed by atoms with Gasteiger partial charge in [0, 0.05) is 22.8 Å². The fraction of sp³-hybridized carbons (Fsp3) is 0.200. The summed E-state index contributed by atoms with van der Waals surface area (Å²) in [4.78, 5) is 1.21. The van der Waals surface area contributed by atoms with Gasteiger partial charge in [0.05, 0.1) is 6.61 Å². The van der Waals surface area contributed by atoms with Crippen molar-refractivity contribution < 1.29 is 9.13 Å². The molecule has 19 heavy (non-hydrogen) atoms. The first kappa shape index (κ1) is 13.9. The SMILES string of the molecule is NCc1cc(F)ccc1OCCSc1ccccc1. The van der Waals surface area contributed by atoms with Gasteiger partial charge in [-0.25, -0.2) is 4.39 Å². The molecule has 0 bridgehead atoms. The van der Waals surface area contributed by atoms with Crippen LogP contribution in [-0.2, 0) is 6.54 Å². The van der Waals surface area contributed by atoms with Gasteiger partial charge in [0.15, 0.2) is 0 Å². The number of benzene rings is 2. The molecule has 0 radical (unpaired) electrons. The first-order valence-corrected chi connectivity index (χ1v) is 7.07. The van der Waals surface area contributed by atoms with E-state index in [1.165, 1.54) is 17.0 Å². The molecular weight excluding hydrogens is 261 g/mol. The number of hydrogen-bond acceptors (Lipinski definition) is 3. The van der Waals surface area contributed by atoms with E-state index in [4.69, 9.17) is 10.5 Å². The molecule has 0 saturated heterocycles. The zero-order chi connectivity index (χ0) is 13.5. The first-order valence-electron chi connectivity index (χ1n) is 6.09. The van der Waals surface area contributed by atoms with E-state index in [-0.39, 0.29) is 12.4 Å². The zero-order valence-corrected chi connectivity index (χ0v) is 11.3. The molecule has 2 N–H and O–H groups in total. The number of rotatable bonds is 6. The van der Waals surface area contributed by atoms with Crippen molar-refractivity contribution in [2.24, 2.45) is 5.73 Å². The molecule has 0 heterocycles. The van der Waals surface area contributed by atoms with Crippen LogP contribution in [0.1, 0.15) is 5.56 Å². The Labute approximate surface area is 116 Å². The summed E-state index contributed by atoms with van der Waals surface area (Å²) >= 11 is 1.73. The Morgan fingerprint density at radius 2 is 1.89 bits per heavy atom. The van der Waals surface area contributed by atoms with Crippen molar-refractivity contribution in [2.75, 3.05) is 12.4 Å². The summed E-state index contributed by atoms with van der Waals surface area (Å²) in [5, 5.41) is 0. The van der Waals surface area contributed by atoms with E-state index in [9.17, 15) is 4.39 Å². The summed E-state index contributed by atoms with van der Waals surface area (Å²) in [6.45, 7) is 0.844. The number of thioether (sulfide) groups is 1. The largest absolute Gasteiger partial charge is 0.492 e. The lowest BCUT2D eigenvalue weighted by molar-refractivity contribution is 0.339. The van der Waals surface area contributed by atoms with Gasteiger partial charge in [-0.05, 0) is 30.3 Å². The third kappa shape index (κ3) is 4.26. The summed E-state index contributed by atoms with van der Waals surface area (Å²) in [6, 6.07) is 14.6. The van der Waals surface area contributed by atoms with Crippen LogP contribution >= 0.6 is 11.8 Å². The molecule has 0 saturated carbocycles. The van der Waals surface area contributed by atoms with Gasteiger partial charge in [0.1, 0.15) is 11.6 Å². The van der Waals surface area contributed by atoms with Gasteiger partial charge < -0.3 is 10.5 Å². The van der Waals surface area contributed by atoms with Gasteiger partial charge in [-0.1, -0.05) is 18.2 Å². The van der Waals surface area contributed by atoms with Crippen LogP contribution in [0.15, 0.2) is 53.4 Å². The molecule has 0 aliphatic carbocycles. The van der Waals surface area contributed by atoms with Crippen molar-refractivity contribution in [1.82, 2.24) is 0 Å². The lowest BCUT2D eigenvalue weighted by Gasteiger charge is -2.10. The minimum atomic E-state index is -0.286. The lowest BCUT2D eigenvalue weighted by Crippen LogP contribution is -2.05. The molecule has 0 unspecified atom stereocenters. The van der Waals surface area contributed by atoms with Gasteiger partial charge in [0.25, 0.3) is 0 Å². The molecule has 2 aromatic carbocycles. The molecule has 0 aliphatic heterocycles. The van der Waals surface area contributed by atoms with E-state index >= 15 is 0 Å². The quantitative estimate of drug-likeness (QED) is 0.649. The van der Waals surface area contributed by atoms with Crippen molar-refractivity contribution in [3.05, 3.63) is 59.9 Å². The second-order valence-electron chi connectivity index (χ2n) is 3.97. The highest BCUT2D eigenvalue weighted by Crippen LogP contribution is 2.21. The Bertz CT molecular complexity index is 519. The topological polar surface area (TPSA) is 35.2 Å². The van der Waals surface area contributed by atoms with E-state index in [2.05, 4.69) is 12.1 Å². The third-order valence-corrected chi connectivity index (χ3v) is 3.57. The van der Waals surface area contributed by atoms with E-state index in [0.717, 1.165) is 5.75 Å². The summed E-state index contributed by atoms with van der Waals surface area (Å²) < 4.78 is 18.7. The predicted octanol–water partition coefficient (Wildman–Crippen LogP) is 3.46. The maximum atomic E-state index is 13.0. The fourth-order valence-corrected chi connectivity index (χ4v) is 2.43. The van der Waals surface area contributed by atoms with Crippen LogP contribution in [0, 0.1) is 5.82 Å². The maximum absolute atomic E-state index is 13.0. The van der Waals surface area contributed by atoms with Crippen molar-refractivity contribution in [2.45, 2.75) is 11.4 Å². The normalized spacial score (nSPS) is 10.4. The maximum Gasteiger partial charge on any atom is 0.124 e. The van der Waals surface area contributed by atoms with Gasteiger partial charge in [-0.3, -0.25) is 0 Å². The lowest BCUT2D eigenvalue weighted by atomic mass is 10.2. The highest BCUT2D eigenvalue weighted by Gasteiger charge is 2.03. The average Bonchev–Trinajstić information content (AvgIpc) is 2.46. The van der Waals surface area contributed by atoms with Gasteiger partial charge in [-0.2, -0.15) is 0 Å². The van der Waals surface area contributed by atoms with Crippen LogP contribution in [0.2, 0.25) is 0 Å². The van der Waals surface area contributed by atoms with Crippen LogP contribution < -0.4 is 10.5 Å². The molecule has 2 aromatic rings. The Kier molecular flexibility index (Phi) is 5.24. The monoisotopic (exact) mass is 277 g/mol. The molecular formula is C15H16FNOS. The second-order valence-corrected chi connectivity index (χ2v) is 5.13. The van der Waals surface area contributed by atoms with E-state index in [0.29, 0.717) is 17.9 Å². The van der Waals surface area contributed by atoms with Crippen molar-refractivity contribution in [3.8, 4) is 5.75 Å². The molecule has 0 fully saturated rings. The van der Waals surface area contributed by atoms with Crippen LogP contribution in [0.4, 0.5) is 4.39 Å². The van der Waals surface area contributed by atoms with Gasteiger partial charge in [-0.15, -0.1) is 11.8 Å². The minimum Gasteiger partial charge on any atom is -0.492 e. The highest BCUT2D eigenvalue weighted by atomic mass is 32.2. The second kappa shape index (κ2) is 7.16. The molecule has 100 valence electrons. The molecule has 0 amide bonds. The molecule has 0 atom stereocenters. The molecule has 0 spiro atoms. The Hall–Kier alpha value is -1.52. The molecule has 2 nitrogen and oxygen atoms in total. The molecule has 2 rings (SSSR count). The van der Waals surface area contributed by atoms with Crippen LogP contribution in [0.25, 0.3) is 0 Å². The van der Waals surface area contributed by atoms with E-state index in [1.807, 2.05) is 18.2 Å². The van der Waals surface area contributed by atoms with Crippen molar-refractivity contribution >= 4 is 11.8 Å². The summed E-state index contributed by atoms with van der Waals surface area (Å²) in [5.74, 6) is 1.22. The number of ether oxygens (including phenoxy) is 1. The Morgan fingerprint density at radius 1 is 1.11 bits per heavy atom. The highest BCUT2D eigenvalue weighted by molar-refractivity contribution is 7.99. The van der Waals surface area contributed by atoms with Crippen molar-refractivity contribution in [1.29, 1.82) is 0 Å². The number of hydrogen-bond donors (Lipinski definition) is 1. The van der Waals surface area contributed by atoms with Crippen LogP contribution in [-0.4, -0.2) is 12.4 Å². The molecule has 4 heteroatoms. The summed E-state index contributed by atoms with van der Waals surface area (Å²) in [5.41, 5.74) is 6.26. The first-order chi connectivity index (χ1) is 9.29. The minimum absolute atomic E-state index is 0.277. The third-order valence-electron chi connectivity index (χ3n) is 2.60. The Morgan fingerprint density at radius 3 is 2.63 bits per heavy atom. The number of halogens is 1. The molecule has 0 aliphatic rings. The van der Waals surface area contributed by atoms with E-state index < -0.39 is 0 Å². The van der Waals surface area contributed by atoms with Crippen LogP contribution in [0.3, 0.4) is 0 Å². The van der Waals surface area contributed by atoms with E-state index in [1.54, 1.807) is 17.8 Å². The molecule has 0 aromatic heterocycles. The van der Waals surface area contributed by atoms with Gasteiger partial charge >= 0.3 is 0 Å². The standard InChI is InChI=1S/C15H16FNOS/c16-13-6-7-15(12(10-13)11-17)18-8-9-19-14-4-2-1-3-5-14/h1-7,10H,8-9,11,17H2.